The van der Waals surface area contributed by atoms with Gasteiger partial charge in [-0.05, 0) is 42.8 Å². The second-order valence-corrected chi connectivity index (χ2v) is 5.65. The third-order valence-electron chi connectivity index (χ3n) is 4.20. The Hall–Kier alpha value is -1.82. The van der Waals surface area contributed by atoms with Crippen LogP contribution in [0.15, 0.2) is 36.7 Å². The summed E-state index contributed by atoms with van der Waals surface area (Å²) in [6.07, 6.45) is -1.67. The summed E-state index contributed by atoms with van der Waals surface area (Å²) in [5.41, 5.74) is 0.715. The number of piperidine rings is 1. The van der Waals surface area contributed by atoms with Crippen LogP contribution < -0.4 is 4.90 Å². The van der Waals surface area contributed by atoms with Gasteiger partial charge < -0.3 is 10.0 Å². The molecule has 2 atom stereocenters. The van der Waals surface area contributed by atoms with Crippen LogP contribution in [0.5, 0.6) is 0 Å². The number of aliphatic hydroxyl groups is 1. The summed E-state index contributed by atoms with van der Waals surface area (Å²) in [6.45, 7) is 0.522. The molecule has 2 heterocycles. The minimum atomic E-state index is -4.60. The largest absolute Gasteiger partial charge is 0.416 e. The molecule has 0 aliphatic carbocycles. The zero-order valence-electron chi connectivity index (χ0n) is 11.9. The molecule has 1 aliphatic rings. The van der Waals surface area contributed by atoms with Crippen LogP contribution >= 0.6 is 0 Å². The monoisotopic (exact) mass is 310 g/mol. The predicted octanol–water partition coefficient (Wildman–Crippen LogP) is 3.52. The van der Waals surface area contributed by atoms with Crippen LogP contribution in [0.4, 0.5) is 18.9 Å². The quantitative estimate of drug-likeness (QED) is 0.922. The number of anilines is 1. The van der Waals surface area contributed by atoms with Gasteiger partial charge in [0, 0.05) is 30.0 Å². The van der Waals surface area contributed by atoms with Crippen molar-refractivity contribution in [1.82, 2.24) is 4.98 Å². The molecule has 2 aromatic rings. The summed E-state index contributed by atoms with van der Waals surface area (Å²) in [5, 5.41) is 11.5. The van der Waals surface area contributed by atoms with Gasteiger partial charge >= 0.3 is 6.18 Å². The molecular weight excluding hydrogens is 293 g/mol. The molecule has 118 valence electrons. The van der Waals surface area contributed by atoms with Crippen LogP contribution in [0.25, 0.3) is 10.8 Å². The molecular formula is C16H17F3N2O. The van der Waals surface area contributed by atoms with E-state index in [1.165, 1.54) is 0 Å². The van der Waals surface area contributed by atoms with Gasteiger partial charge in [-0.1, -0.05) is 6.07 Å². The lowest BCUT2D eigenvalue weighted by atomic mass is 9.95. The van der Waals surface area contributed by atoms with E-state index in [0.717, 1.165) is 17.2 Å². The van der Waals surface area contributed by atoms with Gasteiger partial charge in [-0.25, -0.2) is 0 Å². The number of aliphatic hydroxyl groups excluding tert-OH is 1. The molecule has 0 amide bonds. The summed E-state index contributed by atoms with van der Waals surface area (Å²) in [5.74, 6) is 0. The van der Waals surface area contributed by atoms with Crippen molar-refractivity contribution in [1.29, 1.82) is 0 Å². The number of alkyl halides is 3. The van der Waals surface area contributed by atoms with E-state index in [-0.39, 0.29) is 0 Å². The lowest BCUT2D eigenvalue weighted by molar-refractivity contribution is -0.211. The number of halogens is 3. The highest BCUT2D eigenvalue weighted by atomic mass is 19.4. The number of benzene rings is 1. The predicted molar refractivity (Wildman–Crippen MR) is 78.8 cm³/mol. The minimum absolute atomic E-state index is 0.342. The third-order valence-corrected chi connectivity index (χ3v) is 4.20. The average Bonchev–Trinajstić information content (AvgIpc) is 2.53. The molecule has 0 spiro atoms. The fourth-order valence-corrected chi connectivity index (χ4v) is 3.07. The van der Waals surface area contributed by atoms with Gasteiger partial charge in [0.15, 0.2) is 6.10 Å². The number of fused-ring (bicyclic) bond motifs is 1. The maximum absolute atomic E-state index is 12.9. The number of pyridine rings is 1. The van der Waals surface area contributed by atoms with Gasteiger partial charge in [-0.2, -0.15) is 13.2 Å². The van der Waals surface area contributed by atoms with Gasteiger partial charge in [0.05, 0.1) is 6.04 Å². The van der Waals surface area contributed by atoms with Crippen molar-refractivity contribution in [2.75, 3.05) is 11.4 Å². The molecule has 1 saturated heterocycles. The minimum Gasteiger partial charge on any atom is -0.382 e. The number of aromatic nitrogens is 1. The van der Waals surface area contributed by atoms with Crippen molar-refractivity contribution in [3.8, 4) is 0 Å². The Morgan fingerprint density at radius 3 is 2.77 bits per heavy atom. The second-order valence-electron chi connectivity index (χ2n) is 5.65. The van der Waals surface area contributed by atoms with E-state index in [4.69, 9.17) is 0 Å². The van der Waals surface area contributed by atoms with Gasteiger partial charge in [0.1, 0.15) is 0 Å². The van der Waals surface area contributed by atoms with Crippen LogP contribution in [0, 0.1) is 0 Å². The molecule has 6 heteroatoms. The summed E-state index contributed by atoms with van der Waals surface area (Å²) in [7, 11) is 0. The van der Waals surface area contributed by atoms with Crippen LogP contribution in [0.2, 0.25) is 0 Å². The second kappa shape index (κ2) is 5.76. The first-order chi connectivity index (χ1) is 10.5. The normalized spacial score (nSPS) is 21.1. The summed E-state index contributed by atoms with van der Waals surface area (Å²) in [4.78, 5) is 5.71. The van der Waals surface area contributed by atoms with Crippen molar-refractivity contribution in [2.24, 2.45) is 0 Å². The van der Waals surface area contributed by atoms with Crippen molar-refractivity contribution < 1.29 is 18.3 Å². The Morgan fingerprint density at radius 2 is 2.00 bits per heavy atom. The van der Waals surface area contributed by atoms with Crippen LogP contribution in [-0.2, 0) is 0 Å². The molecule has 1 aromatic heterocycles. The smallest absolute Gasteiger partial charge is 0.382 e. The SMILES string of the molecule is O[C@@H]([C@H]1CCCCN1c1ccc2cnccc2c1)C(F)(F)F. The van der Waals surface area contributed by atoms with E-state index in [0.29, 0.717) is 25.1 Å². The molecule has 1 aromatic carbocycles. The molecule has 0 saturated carbocycles. The lowest BCUT2D eigenvalue weighted by Crippen LogP contribution is -2.52. The molecule has 3 nitrogen and oxygen atoms in total. The van der Waals surface area contributed by atoms with E-state index in [1.807, 2.05) is 18.2 Å². The first-order valence-corrected chi connectivity index (χ1v) is 7.32. The Balaban J connectivity index is 1.95. The number of nitrogens with zero attached hydrogens (tertiary/aromatic N) is 2. The van der Waals surface area contributed by atoms with Crippen LogP contribution in [0.1, 0.15) is 19.3 Å². The molecule has 0 radical (unpaired) electrons. The number of rotatable bonds is 2. The Morgan fingerprint density at radius 1 is 1.18 bits per heavy atom. The lowest BCUT2D eigenvalue weighted by Gasteiger charge is -2.40. The maximum Gasteiger partial charge on any atom is 0.416 e. The molecule has 3 rings (SSSR count). The van der Waals surface area contributed by atoms with E-state index < -0.39 is 18.3 Å². The Kier molecular flexibility index (Phi) is 3.95. The summed E-state index contributed by atoms with van der Waals surface area (Å²) >= 11 is 0. The van der Waals surface area contributed by atoms with Crippen LogP contribution in [0.3, 0.4) is 0 Å². The van der Waals surface area contributed by atoms with Crippen molar-refractivity contribution in [3.05, 3.63) is 36.7 Å². The van der Waals surface area contributed by atoms with E-state index in [9.17, 15) is 18.3 Å². The third kappa shape index (κ3) is 2.88. The van der Waals surface area contributed by atoms with Gasteiger partial charge in [-0.3, -0.25) is 4.98 Å². The Labute approximate surface area is 126 Å². The van der Waals surface area contributed by atoms with E-state index >= 15 is 0 Å². The average molecular weight is 310 g/mol. The highest BCUT2D eigenvalue weighted by Gasteiger charge is 2.46. The molecule has 0 unspecified atom stereocenters. The summed E-state index contributed by atoms with van der Waals surface area (Å²) < 4.78 is 38.7. The van der Waals surface area contributed by atoms with E-state index in [2.05, 4.69) is 4.98 Å². The fourth-order valence-electron chi connectivity index (χ4n) is 3.07. The highest BCUT2D eigenvalue weighted by Crippen LogP contribution is 2.34. The first kappa shape index (κ1) is 15.1. The molecule has 1 fully saturated rings. The highest BCUT2D eigenvalue weighted by molar-refractivity contribution is 5.85. The van der Waals surface area contributed by atoms with Gasteiger partial charge in [0.25, 0.3) is 0 Å². The topological polar surface area (TPSA) is 36.4 Å². The number of hydrogen-bond acceptors (Lipinski definition) is 3. The van der Waals surface area contributed by atoms with Gasteiger partial charge in [-0.15, -0.1) is 0 Å². The Bertz CT molecular complexity index is 659. The van der Waals surface area contributed by atoms with Crippen molar-refractivity contribution in [3.63, 3.8) is 0 Å². The van der Waals surface area contributed by atoms with Crippen LogP contribution in [-0.4, -0.2) is 35.0 Å². The van der Waals surface area contributed by atoms with Crippen molar-refractivity contribution >= 4 is 16.5 Å². The van der Waals surface area contributed by atoms with Gasteiger partial charge in [0.2, 0.25) is 0 Å². The molecule has 1 N–H and O–H groups in total. The number of hydrogen-bond donors (Lipinski definition) is 1. The molecule has 22 heavy (non-hydrogen) atoms. The maximum atomic E-state index is 12.9. The van der Waals surface area contributed by atoms with E-state index in [1.54, 1.807) is 23.4 Å². The molecule has 1 aliphatic heterocycles. The molecule has 0 bridgehead atoms. The first-order valence-electron chi connectivity index (χ1n) is 7.32. The fraction of sp³-hybridized carbons (Fsp3) is 0.438. The zero-order valence-corrected chi connectivity index (χ0v) is 11.9. The zero-order chi connectivity index (χ0) is 15.7. The summed E-state index contributed by atoms with van der Waals surface area (Å²) in [6, 6.07) is 6.42. The van der Waals surface area contributed by atoms with Crippen molar-refractivity contribution in [2.45, 2.75) is 37.6 Å². The standard InChI is InChI=1S/C16H17F3N2O/c17-16(18,19)15(22)14-3-1-2-8-21(14)13-5-4-12-10-20-7-6-11(12)9-13/h4-7,9-10,14-15,22H,1-3,8H2/t14-,15+/m1/s1.